The molecule has 150 valence electrons. The molecule has 0 unspecified atom stereocenters. The maximum atomic E-state index is 11.7. The first-order valence-electron chi connectivity index (χ1n) is 8.52. The third kappa shape index (κ3) is 5.44. The molecule has 3 aromatic rings. The molecule has 6 nitrogen and oxygen atoms in total. The van der Waals surface area contributed by atoms with E-state index in [1.807, 2.05) is 18.2 Å². The minimum absolute atomic E-state index is 0.159. The molecule has 3 rings (SSSR count). The highest BCUT2D eigenvalue weighted by Crippen LogP contribution is 2.29. The molecular weight excluding hydrogens is 432 g/mol. The summed E-state index contributed by atoms with van der Waals surface area (Å²) in [6, 6.07) is 13.8. The molecular formula is C20H17ClN2O4S2. The lowest BCUT2D eigenvalue weighted by Gasteiger charge is -2.20. The molecule has 1 aromatic heterocycles. The number of methoxy groups -OCH3 is 1. The van der Waals surface area contributed by atoms with Crippen LogP contribution >= 0.6 is 35.2 Å². The number of hydrogen-bond donors (Lipinski definition) is 3. The zero-order chi connectivity index (χ0) is 21.0. The van der Waals surface area contributed by atoms with Gasteiger partial charge in [0.1, 0.15) is 4.88 Å². The Bertz CT molecular complexity index is 1080. The van der Waals surface area contributed by atoms with Crippen molar-refractivity contribution in [3.63, 3.8) is 0 Å². The van der Waals surface area contributed by atoms with E-state index < -0.39 is 12.0 Å². The zero-order valence-corrected chi connectivity index (χ0v) is 17.7. The summed E-state index contributed by atoms with van der Waals surface area (Å²) in [7, 11) is 1.34. The van der Waals surface area contributed by atoms with Crippen LogP contribution < -0.4 is 10.6 Å². The van der Waals surface area contributed by atoms with Crippen LogP contribution in [0.15, 0.2) is 48.5 Å². The van der Waals surface area contributed by atoms with Crippen LogP contribution in [-0.4, -0.2) is 29.3 Å². The van der Waals surface area contributed by atoms with Gasteiger partial charge in [0.25, 0.3) is 0 Å². The number of esters is 1. The lowest BCUT2D eigenvalue weighted by atomic mass is 10.0. The first-order chi connectivity index (χ1) is 13.9. The smallest absolute Gasteiger partial charge is 0.348 e. The van der Waals surface area contributed by atoms with Gasteiger partial charge in [0.05, 0.1) is 19.6 Å². The van der Waals surface area contributed by atoms with Crippen molar-refractivity contribution in [1.29, 1.82) is 0 Å². The van der Waals surface area contributed by atoms with E-state index in [4.69, 9.17) is 28.6 Å². The highest BCUT2D eigenvalue weighted by atomic mass is 35.5. The normalized spacial score (nSPS) is 11.7. The van der Waals surface area contributed by atoms with Gasteiger partial charge in [0.2, 0.25) is 0 Å². The number of aliphatic carboxylic acids is 1. The van der Waals surface area contributed by atoms with E-state index in [2.05, 4.69) is 10.6 Å². The maximum absolute atomic E-state index is 11.7. The topological polar surface area (TPSA) is 87.7 Å². The minimum atomic E-state index is -0.958. The summed E-state index contributed by atoms with van der Waals surface area (Å²) in [4.78, 5) is 23.5. The average Bonchev–Trinajstić information content (AvgIpc) is 3.10. The maximum Gasteiger partial charge on any atom is 0.348 e. The summed E-state index contributed by atoms with van der Waals surface area (Å²) in [6.07, 6.45) is -0.159. The van der Waals surface area contributed by atoms with E-state index in [9.17, 15) is 14.7 Å². The lowest BCUT2D eigenvalue weighted by Crippen LogP contribution is -2.33. The second kappa shape index (κ2) is 9.21. The first-order valence-corrected chi connectivity index (χ1v) is 10.1. The molecule has 9 heteroatoms. The Hall–Kier alpha value is -2.68. The molecule has 29 heavy (non-hydrogen) atoms. The summed E-state index contributed by atoms with van der Waals surface area (Å²) in [5.74, 6) is -1.34. The fourth-order valence-corrected chi connectivity index (χ4v) is 4.22. The van der Waals surface area contributed by atoms with E-state index in [0.29, 0.717) is 15.6 Å². The van der Waals surface area contributed by atoms with Crippen molar-refractivity contribution < 1.29 is 19.4 Å². The molecule has 1 atom stereocenters. The number of benzene rings is 2. The van der Waals surface area contributed by atoms with Crippen LogP contribution in [-0.2, 0) is 9.53 Å². The average molecular weight is 449 g/mol. The summed E-state index contributed by atoms with van der Waals surface area (Å²) < 4.78 is 5.70. The van der Waals surface area contributed by atoms with E-state index in [-0.39, 0.29) is 17.5 Å². The Morgan fingerprint density at radius 3 is 2.72 bits per heavy atom. The quantitative estimate of drug-likeness (QED) is 0.367. The van der Waals surface area contributed by atoms with Crippen molar-refractivity contribution in [2.45, 2.75) is 12.5 Å². The fraction of sp³-hybridized carbons (Fsp3) is 0.150. The molecule has 0 bridgehead atoms. The van der Waals surface area contributed by atoms with Crippen molar-refractivity contribution in [3.8, 4) is 0 Å². The van der Waals surface area contributed by atoms with E-state index in [1.54, 1.807) is 30.3 Å². The van der Waals surface area contributed by atoms with Gasteiger partial charge in [-0.3, -0.25) is 4.79 Å². The van der Waals surface area contributed by atoms with Crippen LogP contribution in [0.4, 0.5) is 5.69 Å². The molecule has 0 radical (unpaired) electrons. The predicted octanol–water partition coefficient (Wildman–Crippen LogP) is 4.84. The van der Waals surface area contributed by atoms with Crippen molar-refractivity contribution in [3.05, 3.63) is 64.0 Å². The number of hydrogen-bond acceptors (Lipinski definition) is 5. The minimum Gasteiger partial charge on any atom is -0.481 e. The molecule has 0 fully saturated rings. The zero-order valence-electron chi connectivity index (χ0n) is 15.3. The van der Waals surface area contributed by atoms with Crippen LogP contribution in [0.5, 0.6) is 0 Å². The van der Waals surface area contributed by atoms with Crippen molar-refractivity contribution >= 4 is 68.0 Å². The first kappa shape index (κ1) is 21.0. The number of carbonyl (C=O) groups is 2. The molecule has 2 aromatic carbocycles. The van der Waals surface area contributed by atoms with Crippen molar-refractivity contribution in [1.82, 2.24) is 5.32 Å². The molecule has 0 amide bonds. The number of ether oxygens (including phenoxy) is 1. The Morgan fingerprint density at radius 2 is 2.03 bits per heavy atom. The number of carboxylic acid groups (broad SMARTS) is 1. The van der Waals surface area contributed by atoms with Gasteiger partial charge >= 0.3 is 11.9 Å². The molecule has 0 aliphatic heterocycles. The van der Waals surface area contributed by atoms with E-state index >= 15 is 0 Å². The molecule has 3 N–H and O–H groups in total. The Morgan fingerprint density at radius 1 is 1.24 bits per heavy atom. The van der Waals surface area contributed by atoms with Crippen molar-refractivity contribution in [2.24, 2.45) is 0 Å². The van der Waals surface area contributed by atoms with Crippen LogP contribution in [0.25, 0.3) is 10.1 Å². The number of halogens is 1. The number of nitrogens with one attached hydrogen (secondary N) is 2. The van der Waals surface area contributed by atoms with Crippen LogP contribution in [0.3, 0.4) is 0 Å². The predicted molar refractivity (Wildman–Crippen MR) is 119 cm³/mol. The molecule has 0 saturated carbocycles. The second-order valence-corrected chi connectivity index (χ2v) is 8.09. The monoisotopic (exact) mass is 448 g/mol. The van der Waals surface area contributed by atoms with Gasteiger partial charge in [-0.2, -0.15) is 0 Å². The molecule has 0 spiro atoms. The summed E-state index contributed by atoms with van der Waals surface area (Å²) in [6.45, 7) is 0. The summed E-state index contributed by atoms with van der Waals surface area (Å²) >= 11 is 12.7. The van der Waals surface area contributed by atoms with Gasteiger partial charge in [-0.15, -0.1) is 11.3 Å². The Kier molecular flexibility index (Phi) is 6.68. The number of thiocarbonyl (C=S) groups is 1. The van der Waals surface area contributed by atoms with Gasteiger partial charge < -0.3 is 20.5 Å². The number of carbonyl (C=O) groups excluding carboxylic acids is 1. The fourth-order valence-electron chi connectivity index (χ4n) is 2.80. The Labute approximate surface area is 181 Å². The second-order valence-electron chi connectivity index (χ2n) is 6.16. The highest BCUT2D eigenvalue weighted by molar-refractivity contribution is 7.80. The molecule has 0 saturated heterocycles. The third-order valence-electron chi connectivity index (χ3n) is 4.10. The number of thiophene rings is 1. The summed E-state index contributed by atoms with van der Waals surface area (Å²) in [5.41, 5.74) is 1.43. The molecule has 0 aliphatic rings. The van der Waals surface area contributed by atoms with Gasteiger partial charge in [0, 0.05) is 15.4 Å². The number of rotatable bonds is 6. The number of anilines is 1. The number of fused-ring (bicyclic) bond motifs is 1. The highest BCUT2D eigenvalue weighted by Gasteiger charge is 2.17. The van der Waals surface area contributed by atoms with Crippen molar-refractivity contribution in [2.75, 3.05) is 12.4 Å². The van der Waals surface area contributed by atoms with Gasteiger partial charge in [-0.25, -0.2) is 4.79 Å². The van der Waals surface area contributed by atoms with Gasteiger partial charge in [-0.1, -0.05) is 23.7 Å². The van der Waals surface area contributed by atoms with Gasteiger partial charge in [-0.05, 0) is 59.6 Å². The van der Waals surface area contributed by atoms with Crippen LogP contribution in [0.2, 0.25) is 5.02 Å². The van der Waals surface area contributed by atoms with E-state index in [0.717, 1.165) is 15.6 Å². The number of carboxylic acids is 1. The van der Waals surface area contributed by atoms with E-state index in [1.165, 1.54) is 18.4 Å². The van der Waals surface area contributed by atoms with Crippen LogP contribution in [0, 0.1) is 0 Å². The SMILES string of the molecule is COC(=O)c1cc2cc(NC(=S)N[C@@H](CC(=O)O)c3cccc(Cl)c3)ccc2s1. The molecule has 1 heterocycles. The van der Waals surface area contributed by atoms with Crippen LogP contribution in [0.1, 0.15) is 27.7 Å². The summed E-state index contributed by atoms with van der Waals surface area (Å²) in [5, 5.41) is 17.0. The third-order valence-corrected chi connectivity index (χ3v) is 5.65. The lowest BCUT2D eigenvalue weighted by molar-refractivity contribution is -0.137. The largest absolute Gasteiger partial charge is 0.481 e. The standard InChI is InChI=1S/C20H17ClN2O4S2/c1-27-19(26)17-9-12-8-14(5-6-16(12)29-17)22-20(28)23-15(10-18(24)25)11-3-2-4-13(21)7-11/h2-9,15H,10H2,1H3,(H,24,25)(H2,22,23,28)/t15-/m0/s1. The molecule has 0 aliphatic carbocycles. The van der Waals surface area contributed by atoms with Gasteiger partial charge in [0.15, 0.2) is 5.11 Å². The Balaban J connectivity index is 1.75.